The SMILES string of the molecule is CC(C)c1nnc2ccc(NC(=O)CC(O)c3ccccc3)cn12. The molecule has 0 aliphatic heterocycles. The number of anilines is 1. The van der Waals surface area contributed by atoms with Gasteiger partial charge in [-0.05, 0) is 17.7 Å². The molecular formula is C18H20N4O2. The van der Waals surface area contributed by atoms with Gasteiger partial charge in [-0.25, -0.2) is 0 Å². The molecular weight excluding hydrogens is 304 g/mol. The molecule has 0 spiro atoms. The fourth-order valence-corrected chi connectivity index (χ4v) is 2.56. The van der Waals surface area contributed by atoms with Crippen LogP contribution in [-0.4, -0.2) is 25.6 Å². The van der Waals surface area contributed by atoms with Crippen molar-refractivity contribution < 1.29 is 9.90 Å². The Bertz CT molecular complexity index is 843. The minimum Gasteiger partial charge on any atom is -0.388 e. The van der Waals surface area contributed by atoms with Crippen LogP contribution in [0.1, 0.15) is 43.7 Å². The van der Waals surface area contributed by atoms with Gasteiger partial charge in [-0.1, -0.05) is 44.2 Å². The molecule has 0 radical (unpaired) electrons. The Morgan fingerprint density at radius 3 is 2.62 bits per heavy atom. The standard InChI is InChI=1S/C18H20N4O2/c1-12(2)18-21-20-16-9-8-14(11-22(16)18)19-17(24)10-15(23)13-6-4-3-5-7-13/h3-9,11-12,15,23H,10H2,1-2H3,(H,19,24). The Morgan fingerprint density at radius 2 is 1.92 bits per heavy atom. The van der Waals surface area contributed by atoms with Crippen molar-refractivity contribution in [2.24, 2.45) is 0 Å². The predicted molar refractivity (Wildman–Crippen MR) is 91.7 cm³/mol. The summed E-state index contributed by atoms with van der Waals surface area (Å²) in [5.41, 5.74) is 2.11. The third-order valence-corrected chi connectivity index (χ3v) is 3.79. The number of rotatable bonds is 5. The van der Waals surface area contributed by atoms with Crippen molar-refractivity contribution >= 4 is 17.2 Å². The summed E-state index contributed by atoms with van der Waals surface area (Å²) in [7, 11) is 0. The van der Waals surface area contributed by atoms with Gasteiger partial charge in [0.05, 0.1) is 18.2 Å². The monoisotopic (exact) mass is 324 g/mol. The number of hydrogen-bond donors (Lipinski definition) is 2. The van der Waals surface area contributed by atoms with E-state index in [1.54, 1.807) is 24.4 Å². The fourth-order valence-electron chi connectivity index (χ4n) is 2.56. The van der Waals surface area contributed by atoms with Crippen molar-refractivity contribution in [1.82, 2.24) is 14.6 Å². The van der Waals surface area contributed by atoms with E-state index in [4.69, 9.17) is 0 Å². The molecule has 3 aromatic rings. The first kappa shape index (κ1) is 16.1. The number of nitrogens with one attached hydrogen (secondary N) is 1. The molecule has 6 heteroatoms. The first-order valence-corrected chi connectivity index (χ1v) is 7.92. The molecule has 0 fully saturated rings. The molecule has 2 N–H and O–H groups in total. The first-order valence-electron chi connectivity index (χ1n) is 7.92. The van der Waals surface area contributed by atoms with E-state index in [-0.39, 0.29) is 18.2 Å². The Hall–Kier alpha value is -2.73. The van der Waals surface area contributed by atoms with Crippen LogP contribution in [0.2, 0.25) is 0 Å². The van der Waals surface area contributed by atoms with Crippen LogP contribution in [0.4, 0.5) is 5.69 Å². The molecule has 1 atom stereocenters. The normalized spacial score (nSPS) is 12.5. The van der Waals surface area contributed by atoms with E-state index in [0.717, 1.165) is 17.0 Å². The summed E-state index contributed by atoms with van der Waals surface area (Å²) in [5, 5.41) is 21.2. The number of nitrogens with zero attached hydrogens (tertiary/aromatic N) is 3. The van der Waals surface area contributed by atoms with Crippen molar-refractivity contribution in [2.45, 2.75) is 32.3 Å². The number of amides is 1. The predicted octanol–water partition coefficient (Wildman–Crippen LogP) is 2.91. The smallest absolute Gasteiger partial charge is 0.227 e. The van der Waals surface area contributed by atoms with Gasteiger partial charge >= 0.3 is 0 Å². The van der Waals surface area contributed by atoms with Crippen molar-refractivity contribution in [3.63, 3.8) is 0 Å². The second-order valence-corrected chi connectivity index (χ2v) is 6.04. The van der Waals surface area contributed by atoms with E-state index in [1.807, 2.05) is 42.5 Å². The van der Waals surface area contributed by atoms with Gasteiger partial charge in [0, 0.05) is 12.1 Å². The topological polar surface area (TPSA) is 79.5 Å². The zero-order chi connectivity index (χ0) is 17.1. The van der Waals surface area contributed by atoms with Crippen LogP contribution in [0.3, 0.4) is 0 Å². The Kier molecular flexibility index (Phi) is 4.57. The van der Waals surface area contributed by atoms with Crippen LogP contribution in [0.15, 0.2) is 48.7 Å². The zero-order valence-corrected chi connectivity index (χ0v) is 13.7. The van der Waals surface area contributed by atoms with Crippen LogP contribution in [-0.2, 0) is 4.79 Å². The van der Waals surface area contributed by atoms with Gasteiger partial charge in [-0.3, -0.25) is 9.20 Å². The minimum absolute atomic E-state index is 0.00126. The molecule has 0 aliphatic carbocycles. The van der Waals surface area contributed by atoms with Gasteiger partial charge < -0.3 is 10.4 Å². The second-order valence-electron chi connectivity index (χ2n) is 6.04. The molecule has 1 unspecified atom stereocenters. The summed E-state index contributed by atoms with van der Waals surface area (Å²) >= 11 is 0. The number of pyridine rings is 1. The Balaban J connectivity index is 1.72. The van der Waals surface area contributed by atoms with Gasteiger partial charge in [0.25, 0.3) is 0 Å². The summed E-state index contributed by atoms with van der Waals surface area (Å²) in [5.74, 6) is 0.821. The zero-order valence-electron chi connectivity index (χ0n) is 13.7. The third kappa shape index (κ3) is 3.44. The summed E-state index contributed by atoms with van der Waals surface area (Å²) in [4.78, 5) is 12.2. The molecule has 124 valence electrons. The van der Waals surface area contributed by atoms with Gasteiger partial charge in [-0.2, -0.15) is 0 Å². The maximum atomic E-state index is 12.2. The molecule has 1 amide bonds. The molecule has 0 saturated heterocycles. The molecule has 0 aliphatic rings. The van der Waals surface area contributed by atoms with E-state index in [0.29, 0.717) is 5.69 Å². The molecule has 0 bridgehead atoms. The average molecular weight is 324 g/mol. The van der Waals surface area contributed by atoms with Gasteiger partial charge in [0.2, 0.25) is 5.91 Å². The number of aliphatic hydroxyl groups excluding tert-OH is 1. The van der Waals surface area contributed by atoms with E-state index in [9.17, 15) is 9.90 Å². The highest BCUT2D eigenvalue weighted by Crippen LogP contribution is 2.19. The Labute approximate surface area is 140 Å². The van der Waals surface area contributed by atoms with Crippen LogP contribution >= 0.6 is 0 Å². The van der Waals surface area contributed by atoms with Crippen LogP contribution in [0, 0.1) is 0 Å². The highest BCUT2D eigenvalue weighted by atomic mass is 16.3. The van der Waals surface area contributed by atoms with Gasteiger partial charge in [0.15, 0.2) is 5.65 Å². The van der Waals surface area contributed by atoms with E-state index in [2.05, 4.69) is 15.5 Å². The van der Waals surface area contributed by atoms with Gasteiger partial charge in [-0.15, -0.1) is 10.2 Å². The summed E-state index contributed by atoms with van der Waals surface area (Å²) < 4.78 is 1.87. The summed E-state index contributed by atoms with van der Waals surface area (Å²) in [6.45, 7) is 4.08. The van der Waals surface area contributed by atoms with Crippen LogP contribution < -0.4 is 5.32 Å². The van der Waals surface area contributed by atoms with Crippen molar-refractivity contribution in [3.8, 4) is 0 Å². The molecule has 0 saturated carbocycles. The molecule has 24 heavy (non-hydrogen) atoms. The molecule has 1 aromatic carbocycles. The molecule has 2 heterocycles. The lowest BCUT2D eigenvalue weighted by Crippen LogP contribution is -2.16. The summed E-state index contributed by atoms with van der Waals surface area (Å²) in [6.07, 6.45) is 0.981. The third-order valence-electron chi connectivity index (χ3n) is 3.79. The quantitative estimate of drug-likeness (QED) is 0.756. The van der Waals surface area contributed by atoms with E-state index >= 15 is 0 Å². The maximum Gasteiger partial charge on any atom is 0.227 e. The number of aliphatic hydroxyl groups is 1. The average Bonchev–Trinajstić information content (AvgIpc) is 2.99. The number of hydrogen-bond acceptors (Lipinski definition) is 4. The highest BCUT2D eigenvalue weighted by molar-refractivity contribution is 5.91. The number of carbonyl (C=O) groups is 1. The van der Waals surface area contributed by atoms with Crippen LogP contribution in [0.5, 0.6) is 0 Å². The molecule has 6 nitrogen and oxygen atoms in total. The van der Waals surface area contributed by atoms with Crippen molar-refractivity contribution in [1.29, 1.82) is 0 Å². The van der Waals surface area contributed by atoms with E-state index < -0.39 is 6.10 Å². The number of fused-ring (bicyclic) bond motifs is 1. The second kappa shape index (κ2) is 6.80. The lowest BCUT2D eigenvalue weighted by atomic mass is 10.1. The van der Waals surface area contributed by atoms with Crippen molar-refractivity contribution in [3.05, 3.63) is 60.0 Å². The molecule has 3 rings (SSSR count). The number of benzene rings is 1. The van der Waals surface area contributed by atoms with Crippen LogP contribution in [0.25, 0.3) is 5.65 Å². The first-order chi connectivity index (χ1) is 11.5. The summed E-state index contributed by atoms with van der Waals surface area (Å²) in [6, 6.07) is 12.7. The number of aromatic nitrogens is 3. The lowest BCUT2D eigenvalue weighted by molar-refractivity contribution is -0.118. The lowest BCUT2D eigenvalue weighted by Gasteiger charge is -2.12. The van der Waals surface area contributed by atoms with Crippen molar-refractivity contribution in [2.75, 3.05) is 5.32 Å². The molecule has 2 aromatic heterocycles. The van der Waals surface area contributed by atoms with E-state index in [1.165, 1.54) is 0 Å². The minimum atomic E-state index is -0.823. The fraction of sp³-hybridized carbons (Fsp3) is 0.278. The Morgan fingerprint density at radius 1 is 1.17 bits per heavy atom. The highest BCUT2D eigenvalue weighted by Gasteiger charge is 2.14. The largest absolute Gasteiger partial charge is 0.388 e. The maximum absolute atomic E-state index is 12.2. The van der Waals surface area contributed by atoms with Gasteiger partial charge in [0.1, 0.15) is 5.82 Å². The number of carbonyl (C=O) groups excluding carboxylic acids is 1.